The summed E-state index contributed by atoms with van der Waals surface area (Å²) in [4.78, 5) is 37.6. The van der Waals surface area contributed by atoms with Crippen molar-refractivity contribution in [1.82, 2.24) is 15.8 Å². The number of hydrogen-bond donors (Lipinski definition) is 3. The van der Waals surface area contributed by atoms with Crippen LogP contribution in [0.1, 0.15) is 6.42 Å². The zero-order chi connectivity index (χ0) is 11.5. The lowest BCUT2D eigenvalue weighted by Crippen LogP contribution is -2.28. The van der Waals surface area contributed by atoms with E-state index in [4.69, 9.17) is 0 Å². The number of carbonyl (C=O) groups is 3. The topological polar surface area (TPSA) is 100 Å². The molecule has 7 nitrogen and oxygen atoms in total. The third kappa shape index (κ3) is 2.16. The van der Waals surface area contributed by atoms with Crippen LogP contribution in [0, 0.1) is 5.92 Å². The van der Waals surface area contributed by atoms with E-state index in [0.29, 0.717) is 5.13 Å². The summed E-state index contributed by atoms with van der Waals surface area (Å²) in [5.74, 6) is -2.34. The Balaban J connectivity index is 1.92. The first-order chi connectivity index (χ1) is 7.66. The van der Waals surface area contributed by atoms with Crippen LogP contribution in [0.4, 0.5) is 5.13 Å². The number of anilines is 1. The highest BCUT2D eigenvalue weighted by Crippen LogP contribution is 2.13. The molecule has 0 atom stereocenters. The molecule has 1 saturated heterocycles. The van der Waals surface area contributed by atoms with Crippen molar-refractivity contribution in [2.75, 3.05) is 5.32 Å². The molecule has 84 valence electrons. The average molecular weight is 240 g/mol. The molecule has 0 saturated carbocycles. The number of thiazole rings is 1. The summed E-state index contributed by atoms with van der Waals surface area (Å²) in [5.41, 5.74) is 4.30. The summed E-state index contributed by atoms with van der Waals surface area (Å²) in [7, 11) is 0. The van der Waals surface area contributed by atoms with Crippen LogP contribution >= 0.6 is 11.3 Å². The number of hydrazine groups is 1. The Kier molecular flexibility index (Phi) is 2.82. The second-order valence-corrected chi connectivity index (χ2v) is 4.02. The number of amides is 3. The van der Waals surface area contributed by atoms with Crippen LogP contribution in [0.3, 0.4) is 0 Å². The zero-order valence-corrected chi connectivity index (χ0v) is 8.84. The van der Waals surface area contributed by atoms with Crippen molar-refractivity contribution in [3.8, 4) is 0 Å². The molecule has 0 aromatic carbocycles. The fourth-order valence-corrected chi connectivity index (χ4v) is 1.79. The van der Waals surface area contributed by atoms with E-state index >= 15 is 0 Å². The number of nitrogens with zero attached hydrogens (tertiary/aromatic N) is 1. The minimum Gasteiger partial charge on any atom is -0.302 e. The van der Waals surface area contributed by atoms with Crippen LogP contribution in [0.2, 0.25) is 0 Å². The lowest BCUT2D eigenvalue weighted by Gasteiger charge is -2.03. The van der Waals surface area contributed by atoms with Gasteiger partial charge in [0.1, 0.15) is 5.92 Å². The van der Waals surface area contributed by atoms with Gasteiger partial charge in [0, 0.05) is 18.0 Å². The van der Waals surface area contributed by atoms with E-state index in [1.165, 1.54) is 11.3 Å². The maximum atomic E-state index is 11.5. The molecule has 2 rings (SSSR count). The molecule has 1 aromatic rings. The van der Waals surface area contributed by atoms with Gasteiger partial charge in [0.25, 0.3) is 11.8 Å². The number of aromatic nitrogens is 1. The highest BCUT2D eigenvalue weighted by Gasteiger charge is 2.34. The highest BCUT2D eigenvalue weighted by atomic mass is 32.1. The Bertz CT molecular complexity index is 415. The van der Waals surface area contributed by atoms with Gasteiger partial charge in [-0.25, -0.2) is 4.98 Å². The molecule has 0 radical (unpaired) electrons. The number of carbonyl (C=O) groups excluding carboxylic acids is 3. The molecule has 0 spiro atoms. The highest BCUT2D eigenvalue weighted by molar-refractivity contribution is 7.13. The Labute approximate surface area is 94.2 Å². The average Bonchev–Trinajstić information content (AvgIpc) is 2.83. The summed E-state index contributed by atoms with van der Waals surface area (Å²) in [6.07, 6.45) is 1.37. The van der Waals surface area contributed by atoms with Gasteiger partial charge in [-0.05, 0) is 0 Å². The predicted molar refractivity (Wildman–Crippen MR) is 55.1 cm³/mol. The van der Waals surface area contributed by atoms with E-state index < -0.39 is 23.6 Å². The van der Waals surface area contributed by atoms with Crippen molar-refractivity contribution in [1.29, 1.82) is 0 Å². The Morgan fingerprint density at radius 1 is 1.44 bits per heavy atom. The van der Waals surface area contributed by atoms with Crippen molar-refractivity contribution in [3.05, 3.63) is 11.6 Å². The molecule has 1 aromatic heterocycles. The standard InChI is InChI=1S/C8H8N4O3S/c13-5(10-8-9-1-2-16-8)3-4-6(14)11-12-7(4)15/h1-2,4H,3H2,(H,11,14)(H,12,15)(H,9,10,13). The van der Waals surface area contributed by atoms with Crippen molar-refractivity contribution in [2.45, 2.75) is 6.42 Å². The summed E-state index contributed by atoms with van der Waals surface area (Å²) >= 11 is 1.27. The molecular weight excluding hydrogens is 232 g/mol. The Morgan fingerprint density at radius 3 is 2.69 bits per heavy atom. The summed E-state index contributed by atoms with van der Waals surface area (Å²) in [6.45, 7) is 0. The Hall–Kier alpha value is -1.96. The van der Waals surface area contributed by atoms with Crippen LogP contribution in [0.5, 0.6) is 0 Å². The molecule has 3 N–H and O–H groups in total. The van der Waals surface area contributed by atoms with Crippen LogP contribution < -0.4 is 16.2 Å². The summed E-state index contributed by atoms with van der Waals surface area (Å²) in [6, 6.07) is 0. The lowest BCUT2D eigenvalue weighted by molar-refractivity contribution is -0.131. The molecule has 1 fully saturated rings. The molecule has 2 heterocycles. The fourth-order valence-electron chi connectivity index (χ4n) is 1.24. The largest absolute Gasteiger partial charge is 0.302 e. The van der Waals surface area contributed by atoms with E-state index in [-0.39, 0.29) is 6.42 Å². The van der Waals surface area contributed by atoms with Crippen molar-refractivity contribution in [2.24, 2.45) is 5.92 Å². The van der Waals surface area contributed by atoms with E-state index in [1.807, 2.05) is 0 Å². The third-order valence-corrected chi connectivity index (χ3v) is 2.70. The monoisotopic (exact) mass is 240 g/mol. The van der Waals surface area contributed by atoms with Crippen LogP contribution in [-0.4, -0.2) is 22.7 Å². The summed E-state index contributed by atoms with van der Waals surface area (Å²) in [5, 5.41) is 4.66. The molecular formula is C8H8N4O3S. The van der Waals surface area contributed by atoms with E-state index in [9.17, 15) is 14.4 Å². The maximum Gasteiger partial charge on any atom is 0.251 e. The first-order valence-electron chi connectivity index (χ1n) is 4.46. The smallest absolute Gasteiger partial charge is 0.251 e. The maximum absolute atomic E-state index is 11.5. The van der Waals surface area contributed by atoms with Gasteiger partial charge < -0.3 is 5.32 Å². The number of hydrogen-bond acceptors (Lipinski definition) is 5. The van der Waals surface area contributed by atoms with Gasteiger partial charge in [-0.2, -0.15) is 0 Å². The second kappa shape index (κ2) is 4.27. The van der Waals surface area contributed by atoms with Gasteiger partial charge in [-0.15, -0.1) is 11.3 Å². The minimum absolute atomic E-state index is 0.183. The van der Waals surface area contributed by atoms with E-state index in [1.54, 1.807) is 11.6 Å². The van der Waals surface area contributed by atoms with Gasteiger partial charge in [0.15, 0.2) is 5.13 Å². The number of rotatable bonds is 3. The van der Waals surface area contributed by atoms with Gasteiger partial charge in [0.05, 0.1) is 0 Å². The quantitative estimate of drug-likeness (QED) is 0.605. The van der Waals surface area contributed by atoms with E-state index in [0.717, 1.165) is 0 Å². The molecule has 16 heavy (non-hydrogen) atoms. The van der Waals surface area contributed by atoms with E-state index in [2.05, 4.69) is 21.2 Å². The van der Waals surface area contributed by atoms with Crippen LogP contribution in [0.25, 0.3) is 0 Å². The third-order valence-electron chi connectivity index (χ3n) is 2.01. The molecule has 0 unspecified atom stereocenters. The summed E-state index contributed by atoms with van der Waals surface area (Å²) < 4.78 is 0. The van der Waals surface area contributed by atoms with Crippen molar-refractivity contribution < 1.29 is 14.4 Å². The molecule has 1 aliphatic heterocycles. The van der Waals surface area contributed by atoms with Gasteiger partial charge in [-0.1, -0.05) is 0 Å². The molecule has 1 aliphatic rings. The zero-order valence-electron chi connectivity index (χ0n) is 8.02. The molecule has 0 bridgehead atoms. The first-order valence-corrected chi connectivity index (χ1v) is 5.34. The van der Waals surface area contributed by atoms with Gasteiger partial charge in [0.2, 0.25) is 5.91 Å². The predicted octanol–water partition coefficient (Wildman–Crippen LogP) is -0.751. The van der Waals surface area contributed by atoms with Crippen molar-refractivity contribution >= 4 is 34.2 Å². The van der Waals surface area contributed by atoms with Crippen LogP contribution in [0.15, 0.2) is 11.6 Å². The molecule has 8 heteroatoms. The number of nitrogens with one attached hydrogen (secondary N) is 3. The minimum atomic E-state index is -0.958. The lowest BCUT2D eigenvalue weighted by atomic mass is 10.1. The molecule has 3 amide bonds. The van der Waals surface area contributed by atoms with Gasteiger partial charge in [-0.3, -0.25) is 25.2 Å². The normalized spacial score (nSPS) is 15.8. The fraction of sp³-hybridized carbons (Fsp3) is 0.250. The Morgan fingerprint density at radius 2 is 2.12 bits per heavy atom. The first kappa shape index (κ1) is 10.6. The van der Waals surface area contributed by atoms with Crippen LogP contribution in [-0.2, 0) is 14.4 Å². The SMILES string of the molecule is O=C(CC1C(=O)NNC1=O)Nc1nccs1. The molecule has 0 aliphatic carbocycles. The van der Waals surface area contributed by atoms with Crippen molar-refractivity contribution in [3.63, 3.8) is 0 Å². The van der Waals surface area contributed by atoms with Gasteiger partial charge >= 0.3 is 0 Å². The second-order valence-electron chi connectivity index (χ2n) is 3.12.